The topological polar surface area (TPSA) is 88.6 Å². The molecule has 0 radical (unpaired) electrons. The molecule has 0 saturated carbocycles. The summed E-state index contributed by atoms with van der Waals surface area (Å²) in [6.07, 6.45) is 2.82. The van der Waals surface area contributed by atoms with E-state index in [1.54, 1.807) is 0 Å². The molecule has 7 heteroatoms. The van der Waals surface area contributed by atoms with Gasteiger partial charge in [-0.25, -0.2) is 13.4 Å². The molecule has 0 unspecified atom stereocenters. The van der Waals surface area contributed by atoms with Gasteiger partial charge in [0.25, 0.3) is 0 Å². The molecule has 0 atom stereocenters. The van der Waals surface area contributed by atoms with Crippen molar-refractivity contribution in [1.82, 2.24) is 14.8 Å². The summed E-state index contributed by atoms with van der Waals surface area (Å²) in [7, 11) is -3.36. The number of nitrogens with zero attached hydrogens (tertiary/aromatic N) is 4. The van der Waals surface area contributed by atoms with Crippen molar-refractivity contribution in [2.24, 2.45) is 0 Å². The van der Waals surface area contributed by atoms with Gasteiger partial charge in [-0.3, -0.25) is 4.68 Å². The second kappa shape index (κ2) is 4.98. The Morgan fingerprint density at radius 1 is 1.28 bits per heavy atom. The van der Waals surface area contributed by atoms with Crippen LogP contribution in [0.2, 0.25) is 0 Å². The summed E-state index contributed by atoms with van der Waals surface area (Å²) in [6, 6.07) is 7.80. The number of hydrogen-bond acceptors (Lipinski definition) is 5. The Morgan fingerprint density at radius 3 is 2.56 bits per heavy atom. The fourth-order valence-electron chi connectivity index (χ4n) is 1.42. The summed E-state index contributed by atoms with van der Waals surface area (Å²) in [5.41, 5.74) is 0.435. The maximum absolute atomic E-state index is 12.0. The van der Waals surface area contributed by atoms with Crippen molar-refractivity contribution in [3.63, 3.8) is 0 Å². The van der Waals surface area contributed by atoms with E-state index >= 15 is 0 Å². The van der Waals surface area contributed by atoms with Gasteiger partial charge in [0.05, 0.1) is 28.8 Å². The predicted molar refractivity (Wildman–Crippen MR) is 63.2 cm³/mol. The minimum Gasteiger partial charge on any atom is -0.252 e. The number of rotatable bonds is 4. The van der Waals surface area contributed by atoms with Gasteiger partial charge >= 0.3 is 0 Å². The van der Waals surface area contributed by atoms with Crippen LogP contribution in [0.5, 0.6) is 0 Å². The van der Waals surface area contributed by atoms with Gasteiger partial charge < -0.3 is 0 Å². The first-order chi connectivity index (χ1) is 8.62. The highest BCUT2D eigenvalue weighted by molar-refractivity contribution is 7.91. The summed E-state index contributed by atoms with van der Waals surface area (Å²) in [5.74, 6) is -0.0533. The maximum Gasteiger partial charge on any atom is 0.180 e. The number of benzene rings is 1. The van der Waals surface area contributed by atoms with Gasteiger partial charge in [0.2, 0.25) is 0 Å². The van der Waals surface area contributed by atoms with E-state index in [2.05, 4.69) is 10.1 Å². The van der Waals surface area contributed by atoms with Crippen LogP contribution in [0.25, 0.3) is 0 Å². The van der Waals surface area contributed by atoms with Crippen LogP contribution in [-0.2, 0) is 16.4 Å². The van der Waals surface area contributed by atoms with Crippen LogP contribution < -0.4 is 0 Å². The lowest BCUT2D eigenvalue weighted by Gasteiger charge is -2.04. The van der Waals surface area contributed by atoms with Crippen LogP contribution >= 0.6 is 0 Å². The first-order valence-corrected chi connectivity index (χ1v) is 6.82. The molecule has 0 bridgehead atoms. The van der Waals surface area contributed by atoms with Crippen LogP contribution in [0, 0.1) is 11.3 Å². The number of aryl methyl sites for hydroxylation is 1. The lowest BCUT2D eigenvalue weighted by Crippen LogP contribution is -2.13. The fourth-order valence-corrected chi connectivity index (χ4v) is 2.63. The summed E-state index contributed by atoms with van der Waals surface area (Å²) in [4.78, 5) is 3.95. The molecule has 92 valence electrons. The quantitative estimate of drug-likeness (QED) is 0.806. The highest BCUT2D eigenvalue weighted by Crippen LogP contribution is 2.12. The molecule has 1 heterocycles. The molecule has 0 N–H and O–H groups in total. The highest BCUT2D eigenvalue weighted by atomic mass is 32.2. The summed E-state index contributed by atoms with van der Waals surface area (Å²) in [6.45, 7) is 0.252. The molecule has 0 amide bonds. The van der Waals surface area contributed by atoms with E-state index in [9.17, 15) is 8.42 Å². The summed E-state index contributed by atoms with van der Waals surface area (Å²) in [5, 5.41) is 12.5. The Balaban J connectivity index is 2.13. The molecule has 18 heavy (non-hydrogen) atoms. The Morgan fingerprint density at radius 2 is 2.00 bits per heavy atom. The van der Waals surface area contributed by atoms with Crippen LogP contribution in [0.15, 0.2) is 41.8 Å². The van der Waals surface area contributed by atoms with Crippen LogP contribution in [0.4, 0.5) is 0 Å². The Labute approximate surface area is 104 Å². The lowest BCUT2D eigenvalue weighted by atomic mass is 10.2. The van der Waals surface area contributed by atoms with E-state index in [4.69, 9.17) is 5.26 Å². The first kappa shape index (κ1) is 12.3. The van der Waals surface area contributed by atoms with E-state index in [0.717, 1.165) is 0 Å². The average Bonchev–Trinajstić information content (AvgIpc) is 2.90. The average molecular weight is 262 g/mol. The molecule has 0 fully saturated rings. The molecule has 0 aliphatic heterocycles. The zero-order chi connectivity index (χ0) is 13.0. The van der Waals surface area contributed by atoms with Gasteiger partial charge in [0.15, 0.2) is 9.84 Å². The van der Waals surface area contributed by atoms with Gasteiger partial charge in [-0.2, -0.15) is 10.4 Å². The second-order valence-corrected chi connectivity index (χ2v) is 5.72. The van der Waals surface area contributed by atoms with Crippen molar-refractivity contribution >= 4 is 9.84 Å². The van der Waals surface area contributed by atoms with Gasteiger partial charge in [-0.1, -0.05) is 0 Å². The number of aromatic nitrogens is 3. The fraction of sp³-hybridized carbons (Fsp3) is 0.182. The molecule has 2 rings (SSSR count). The van der Waals surface area contributed by atoms with Gasteiger partial charge in [-0.05, 0) is 24.3 Å². The van der Waals surface area contributed by atoms with Gasteiger partial charge in [-0.15, -0.1) is 0 Å². The molecule has 0 aliphatic rings. The molecule has 1 aromatic carbocycles. The zero-order valence-electron chi connectivity index (χ0n) is 9.39. The van der Waals surface area contributed by atoms with E-state index in [0.29, 0.717) is 5.56 Å². The van der Waals surface area contributed by atoms with E-state index in [-0.39, 0.29) is 17.2 Å². The first-order valence-electron chi connectivity index (χ1n) is 5.17. The highest BCUT2D eigenvalue weighted by Gasteiger charge is 2.14. The monoisotopic (exact) mass is 262 g/mol. The van der Waals surface area contributed by atoms with Crippen molar-refractivity contribution in [3.8, 4) is 6.07 Å². The molecule has 6 nitrogen and oxygen atoms in total. The standard InChI is InChI=1S/C11H10N4O2S/c12-7-10-1-3-11(4-2-10)18(16,17)6-5-15-9-13-8-14-15/h1-4,8-9H,5-6H2. The Bertz CT molecular complexity index is 654. The minimum absolute atomic E-state index is 0.0533. The Kier molecular flexibility index (Phi) is 3.39. The van der Waals surface area contributed by atoms with E-state index in [1.807, 2.05) is 6.07 Å². The van der Waals surface area contributed by atoms with Gasteiger partial charge in [0.1, 0.15) is 12.7 Å². The number of sulfone groups is 1. The van der Waals surface area contributed by atoms with Crippen molar-refractivity contribution in [2.45, 2.75) is 11.4 Å². The normalized spacial score (nSPS) is 11.1. The zero-order valence-corrected chi connectivity index (χ0v) is 10.2. The minimum atomic E-state index is -3.36. The summed E-state index contributed by atoms with van der Waals surface area (Å²) >= 11 is 0. The molecule has 0 spiro atoms. The lowest BCUT2D eigenvalue weighted by molar-refractivity contribution is 0.580. The molecular weight excluding hydrogens is 252 g/mol. The van der Waals surface area contributed by atoms with Gasteiger partial charge in [0, 0.05) is 0 Å². The molecule has 0 aliphatic carbocycles. The second-order valence-electron chi connectivity index (χ2n) is 3.61. The molecule has 2 aromatic rings. The van der Waals surface area contributed by atoms with Crippen molar-refractivity contribution in [3.05, 3.63) is 42.5 Å². The van der Waals surface area contributed by atoms with E-state index in [1.165, 1.54) is 41.6 Å². The third-order valence-corrected chi connectivity index (χ3v) is 4.11. The van der Waals surface area contributed by atoms with Crippen LogP contribution in [-0.4, -0.2) is 28.9 Å². The van der Waals surface area contributed by atoms with Crippen molar-refractivity contribution in [2.75, 3.05) is 5.75 Å². The maximum atomic E-state index is 12.0. The van der Waals surface area contributed by atoms with E-state index < -0.39 is 9.84 Å². The van der Waals surface area contributed by atoms with Crippen molar-refractivity contribution < 1.29 is 8.42 Å². The van der Waals surface area contributed by atoms with Crippen LogP contribution in [0.3, 0.4) is 0 Å². The smallest absolute Gasteiger partial charge is 0.180 e. The number of nitriles is 1. The third kappa shape index (κ3) is 2.73. The third-order valence-electron chi connectivity index (χ3n) is 2.40. The van der Waals surface area contributed by atoms with Crippen LogP contribution in [0.1, 0.15) is 5.56 Å². The largest absolute Gasteiger partial charge is 0.252 e. The summed E-state index contributed by atoms with van der Waals surface area (Å²) < 4.78 is 25.4. The number of hydrogen-bond donors (Lipinski definition) is 0. The molecule has 0 saturated heterocycles. The molecule has 1 aromatic heterocycles. The van der Waals surface area contributed by atoms with Crippen molar-refractivity contribution in [1.29, 1.82) is 5.26 Å². The molecular formula is C11H10N4O2S. The predicted octanol–water partition coefficient (Wildman–Crippen LogP) is 0.624. The SMILES string of the molecule is N#Cc1ccc(S(=O)(=O)CCn2cncn2)cc1. The Hall–Kier alpha value is -2.20.